The Kier molecular flexibility index (Phi) is 5.98. The zero-order valence-electron chi connectivity index (χ0n) is 13.4. The van der Waals surface area contributed by atoms with Crippen LogP contribution in [0.15, 0.2) is 28.8 Å². The molecule has 0 saturated carbocycles. The summed E-state index contributed by atoms with van der Waals surface area (Å²) in [5.74, 6) is 2.48. The quantitative estimate of drug-likeness (QED) is 0.900. The van der Waals surface area contributed by atoms with Gasteiger partial charge in [-0.25, -0.2) is 0 Å². The number of halogens is 1. The molecule has 6 nitrogen and oxygen atoms in total. The van der Waals surface area contributed by atoms with E-state index in [1.54, 1.807) is 6.92 Å². The summed E-state index contributed by atoms with van der Waals surface area (Å²) < 4.78 is 10.6. The first-order chi connectivity index (χ1) is 10.6. The molecule has 23 heavy (non-hydrogen) atoms. The van der Waals surface area contributed by atoms with Crippen molar-refractivity contribution in [3.8, 4) is 5.75 Å². The van der Waals surface area contributed by atoms with Gasteiger partial charge >= 0.3 is 0 Å². The molecular weight excluding hydrogens is 316 g/mol. The fourth-order valence-corrected chi connectivity index (χ4v) is 2.72. The highest BCUT2D eigenvalue weighted by Gasteiger charge is 2.26. The molecule has 0 bridgehead atoms. The molecular formula is C16H23ClN4O2. The van der Waals surface area contributed by atoms with Crippen LogP contribution in [-0.4, -0.2) is 34.2 Å². The van der Waals surface area contributed by atoms with Crippen molar-refractivity contribution in [2.45, 2.75) is 33.0 Å². The van der Waals surface area contributed by atoms with Crippen molar-refractivity contribution in [3.05, 3.63) is 41.5 Å². The van der Waals surface area contributed by atoms with Gasteiger partial charge in [0.05, 0.1) is 0 Å². The smallest absolute Gasteiger partial charge is 0.223 e. The minimum atomic E-state index is 0. The van der Waals surface area contributed by atoms with Gasteiger partial charge in [0.1, 0.15) is 5.75 Å². The van der Waals surface area contributed by atoms with Crippen molar-refractivity contribution in [3.63, 3.8) is 0 Å². The van der Waals surface area contributed by atoms with E-state index in [2.05, 4.69) is 34.1 Å². The van der Waals surface area contributed by atoms with Crippen LogP contribution in [0.25, 0.3) is 0 Å². The van der Waals surface area contributed by atoms with E-state index in [0.29, 0.717) is 30.3 Å². The normalized spacial score (nSPS) is 21.2. The third kappa shape index (κ3) is 4.67. The van der Waals surface area contributed by atoms with Crippen molar-refractivity contribution in [1.82, 2.24) is 15.0 Å². The van der Waals surface area contributed by atoms with Crippen molar-refractivity contribution in [2.75, 3.05) is 13.1 Å². The van der Waals surface area contributed by atoms with Gasteiger partial charge in [0.2, 0.25) is 11.7 Å². The Bertz CT molecular complexity index is 607. The number of benzene rings is 1. The van der Waals surface area contributed by atoms with Crippen LogP contribution in [0.5, 0.6) is 5.75 Å². The van der Waals surface area contributed by atoms with E-state index in [-0.39, 0.29) is 12.4 Å². The van der Waals surface area contributed by atoms with Crippen molar-refractivity contribution < 1.29 is 9.26 Å². The number of rotatable bonds is 5. The molecule has 2 N–H and O–H groups in total. The Morgan fingerprint density at radius 3 is 2.61 bits per heavy atom. The van der Waals surface area contributed by atoms with Gasteiger partial charge < -0.3 is 15.0 Å². The van der Waals surface area contributed by atoms with Gasteiger partial charge in [0, 0.05) is 32.6 Å². The third-order valence-electron chi connectivity index (χ3n) is 4.01. The summed E-state index contributed by atoms with van der Waals surface area (Å²) in [5, 5.41) is 3.80. The summed E-state index contributed by atoms with van der Waals surface area (Å²) in [6.07, 6.45) is 0. The highest BCUT2D eigenvalue weighted by Crippen LogP contribution is 2.19. The average Bonchev–Trinajstić information content (AvgIpc) is 3.04. The van der Waals surface area contributed by atoms with Gasteiger partial charge in [0.15, 0.2) is 6.61 Å². The first-order valence-corrected chi connectivity index (χ1v) is 7.59. The zero-order chi connectivity index (χ0) is 15.5. The maximum Gasteiger partial charge on any atom is 0.223 e. The standard InChI is InChI=1S/C16H22N4O2.ClH/c1-11-7-20(9-15(11)17)8-13-3-5-14(6-4-13)21-10-16-18-12(2)22-19-16;/h3-6,11,15H,7-10,17H2,1-2H3;1H. The van der Waals surface area contributed by atoms with Crippen LogP contribution in [0.1, 0.15) is 24.2 Å². The van der Waals surface area contributed by atoms with Crippen molar-refractivity contribution in [2.24, 2.45) is 11.7 Å². The summed E-state index contributed by atoms with van der Waals surface area (Å²) in [7, 11) is 0. The number of hydrogen-bond acceptors (Lipinski definition) is 6. The predicted octanol–water partition coefficient (Wildman–Crippen LogP) is 2.16. The SMILES string of the molecule is Cc1nc(COc2ccc(CN3CC(C)C(N)C3)cc2)no1.Cl. The Morgan fingerprint density at radius 2 is 2.04 bits per heavy atom. The highest BCUT2D eigenvalue weighted by molar-refractivity contribution is 5.85. The van der Waals surface area contributed by atoms with Gasteiger partial charge in [-0.1, -0.05) is 24.2 Å². The lowest BCUT2D eigenvalue weighted by molar-refractivity contribution is 0.285. The van der Waals surface area contributed by atoms with Gasteiger partial charge in [-0.05, 0) is 23.6 Å². The molecule has 1 saturated heterocycles. The molecule has 3 rings (SSSR count). The summed E-state index contributed by atoms with van der Waals surface area (Å²) in [4.78, 5) is 6.50. The Balaban J connectivity index is 0.00000192. The molecule has 1 aromatic carbocycles. The summed E-state index contributed by atoms with van der Waals surface area (Å²) >= 11 is 0. The van der Waals surface area contributed by atoms with Crippen LogP contribution < -0.4 is 10.5 Å². The topological polar surface area (TPSA) is 77.4 Å². The molecule has 126 valence electrons. The molecule has 0 amide bonds. The monoisotopic (exact) mass is 338 g/mol. The van der Waals surface area contributed by atoms with Crippen molar-refractivity contribution in [1.29, 1.82) is 0 Å². The second kappa shape index (κ2) is 7.77. The number of ether oxygens (including phenoxy) is 1. The van der Waals surface area contributed by atoms with Crippen LogP contribution in [0, 0.1) is 12.8 Å². The molecule has 0 radical (unpaired) electrons. The van der Waals surface area contributed by atoms with E-state index in [1.165, 1.54) is 5.56 Å². The minimum Gasteiger partial charge on any atom is -0.485 e. The van der Waals surface area contributed by atoms with Crippen LogP contribution in [-0.2, 0) is 13.2 Å². The van der Waals surface area contributed by atoms with Crippen LogP contribution in [0.4, 0.5) is 0 Å². The molecule has 2 unspecified atom stereocenters. The fourth-order valence-electron chi connectivity index (χ4n) is 2.72. The summed E-state index contributed by atoms with van der Waals surface area (Å²) in [6.45, 7) is 7.25. The minimum absolute atomic E-state index is 0. The number of hydrogen-bond donors (Lipinski definition) is 1. The predicted molar refractivity (Wildman–Crippen MR) is 89.5 cm³/mol. The first kappa shape index (κ1) is 17.7. The van der Waals surface area contributed by atoms with E-state index in [4.69, 9.17) is 15.0 Å². The molecule has 1 aromatic heterocycles. The van der Waals surface area contributed by atoms with E-state index in [9.17, 15) is 0 Å². The Labute approximate surface area is 142 Å². The average molecular weight is 339 g/mol. The van der Waals surface area contributed by atoms with Crippen LogP contribution in [0.3, 0.4) is 0 Å². The molecule has 1 aliphatic heterocycles. The van der Waals surface area contributed by atoms with Crippen LogP contribution >= 0.6 is 12.4 Å². The molecule has 0 spiro atoms. The number of nitrogens with two attached hydrogens (primary N) is 1. The second-order valence-corrected chi connectivity index (χ2v) is 6.00. The van der Waals surface area contributed by atoms with Gasteiger partial charge in [-0.3, -0.25) is 4.90 Å². The highest BCUT2D eigenvalue weighted by atomic mass is 35.5. The Morgan fingerprint density at radius 1 is 1.30 bits per heavy atom. The number of aryl methyl sites for hydroxylation is 1. The molecule has 1 aliphatic rings. The largest absolute Gasteiger partial charge is 0.485 e. The number of aromatic nitrogens is 2. The number of likely N-dealkylation sites (tertiary alicyclic amines) is 1. The molecule has 1 fully saturated rings. The molecule has 7 heteroatoms. The maximum atomic E-state index is 6.06. The van der Waals surface area contributed by atoms with Gasteiger partial charge in [0.25, 0.3) is 0 Å². The molecule has 0 aliphatic carbocycles. The zero-order valence-corrected chi connectivity index (χ0v) is 14.3. The maximum absolute atomic E-state index is 6.06. The van der Waals surface area contributed by atoms with Crippen molar-refractivity contribution >= 4 is 12.4 Å². The summed E-state index contributed by atoms with van der Waals surface area (Å²) in [6, 6.07) is 8.42. The Hall–Kier alpha value is -1.63. The van der Waals surface area contributed by atoms with Gasteiger partial charge in [-0.15, -0.1) is 12.4 Å². The lowest BCUT2D eigenvalue weighted by Crippen LogP contribution is -2.28. The van der Waals surface area contributed by atoms with E-state index < -0.39 is 0 Å². The first-order valence-electron chi connectivity index (χ1n) is 7.59. The number of nitrogens with zero attached hydrogens (tertiary/aromatic N) is 3. The molecule has 2 heterocycles. The summed E-state index contributed by atoms with van der Waals surface area (Å²) in [5.41, 5.74) is 7.33. The fraction of sp³-hybridized carbons (Fsp3) is 0.500. The lowest BCUT2D eigenvalue weighted by atomic mass is 10.1. The lowest BCUT2D eigenvalue weighted by Gasteiger charge is -2.15. The van der Waals surface area contributed by atoms with E-state index >= 15 is 0 Å². The van der Waals surface area contributed by atoms with E-state index in [0.717, 1.165) is 25.4 Å². The molecule has 2 aromatic rings. The third-order valence-corrected chi connectivity index (χ3v) is 4.01. The van der Waals surface area contributed by atoms with E-state index in [1.807, 2.05) is 12.1 Å². The second-order valence-electron chi connectivity index (χ2n) is 6.00. The van der Waals surface area contributed by atoms with Gasteiger partial charge in [-0.2, -0.15) is 4.98 Å². The molecule has 2 atom stereocenters. The van der Waals surface area contributed by atoms with Crippen LogP contribution in [0.2, 0.25) is 0 Å².